The second kappa shape index (κ2) is 6.49. The predicted octanol–water partition coefficient (Wildman–Crippen LogP) is 1.99. The molecule has 25 heavy (non-hydrogen) atoms. The van der Waals surface area contributed by atoms with Crippen LogP contribution in [0.5, 0.6) is 0 Å². The maximum atomic E-state index is 14.0. The zero-order chi connectivity index (χ0) is 18.2. The third-order valence-corrected chi connectivity index (χ3v) is 3.90. The van der Waals surface area contributed by atoms with Gasteiger partial charge in [-0.15, -0.1) is 0 Å². The zero-order valence-electron chi connectivity index (χ0n) is 12.7. The van der Waals surface area contributed by atoms with E-state index in [0.29, 0.717) is 5.56 Å². The van der Waals surface area contributed by atoms with Gasteiger partial charge < -0.3 is 15.0 Å². The van der Waals surface area contributed by atoms with Gasteiger partial charge in [0.2, 0.25) is 0 Å². The molecule has 3 rings (SSSR count). The van der Waals surface area contributed by atoms with E-state index in [4.69, 9.17) is 4.65 Å². The molecule has 130 valence electrons. The van der Waals surface area contributed by atoms with Gasteiger partial charge in [-0.25, -0.2) is 4.39 Å². The summed E-state index contributed by atoms with van der Waals surface area (Å²) in [5.41, 5.74) is -0.680. The first-order chi connectivity index (χ1) is 11.8. The molecule has 1 aliphatic rings. The molecule has 0 spiro atoms. The van der Waals surface area contributed by atoms with Crippen LogP contribution in [0.2, 0.25) is 0 Å². The number of benzene rings is 2. The van der Waals surface area contributed by atoms with E-state index >= 15 is 0 Å². The Balaban J connectivity index is 1.80. The first kappa shape index (κ1) is 17.4. The van der Waals surface area contributed by atoms with Crippen LogP contribution in [0.4, 0.5) is 17.6 Å². The number of carbonyl (C=O) groups is 1. The van der Waals surface area contributed by atoms with Crippen molar-refractivity contribution in [3.05, 3.63) is 64.5 Å². The van der Waals surface area contributed by atoms with Crippen LogP contribution >= 0.6 is 0 Å². The lowest BCUT2D eigenvalue weighted by Crippen LogP contribution is -2.31. The molecule has 0 unspecified atom stereocenters. The fraction of sp³-hybridized carbons (Fsp3) is 0.188. The highest BCUT2D eigenvalue weighted by molar-refractivity contribution is 6.61. The van der Waals surface area contributed by atoms with Crippen LogP contribution in [0.25, 0.3) is 0 Å². The lowest BCUT2D eigenvalue weighted by Gasteiger charge is -2.13. The van der Waals surface area contributed by atoms with Crippen molar-refractivity contribution in [1.29, 1.82) is 0 Å². The van der Waals surface area contributed by atoms with Gasteiger partial charge in [-0.2, -0.15) is 13.2 Å². The van der Waals surface area contributed by atoms with E-state index in [-0.39, 0.29) is 23.2 Å². The molecule has 2 aromatic carbocycles. The molecule has 0 aromatic heterocycles. The summed E-state index contributed by atoms with van der Waals surface area (Å²) in [6.45, 7) is -0.391. The van der Waals surface area contributed by atoms with Gasteiger partial charge in [0.25, 0.3) is 5.91 Å². The van der Waals surface area contributed by atoms with Crippen molar-refractivity contribution >= 4 is 18.5 Å². The third-order valence-electron chi connectivity index (χ3n) is 3.90. The first-order valence-electron chi connectivity index (χ1n) is 7.32. The van der Waals surface area contributed by atoms with Crippen molar-refractivity contribution in [3.8, 4) is 0 Å². The second-order valence-electron chi connectivity index (χ2n) is 5.53. The van der Waals surface area contributed by atoms with Crippen molar-refractivity contribution in [2.24, 2.45) is 0 Å². The summed E-state index contributed by atoms with van der Waals surface area (Å²) in [6, 6.07) is 7.03. The number of nitrogens with one attached hydrogen (secondary N) is 1. The van der Waals surface area contributed by atoms with Crippen LogP contribution in [-0.4, -0.2) is 18.0 Å². The minimum atomic E-state index is -4.55. The summed E-state index contributed by atoms with van der Waals surface area (Å²) in [5, 5.41) is 11.9. The highest BCUT2D eigenvalue weighted by atomic mass is 19.4. The Morgan fingerprint density at radius 2 is 2.00 bits per heavy atom. The molecule has 9 heteroatoms. The highest BCUT2D eigenvalue weighted by Crippen LogP contribution is 2.31. The van der Waals surface area contributed by atoms with Crippen LogP contribution in [0.3, 0.4) is 0 Å². The largest absolute Gasteiger partial charge is 0.491 e. The van der Waals surface area contributed by atoms with E-state index in [1.165, 1.54) is 18.2 Å². The third kappa shape index (κ3) is 3.52. The lowest BCUT2D eigenvalue weighted by atomic mass is 9.78. The SMILES string of the molecule is O=C(NCc1ccccc1C(F)(F)F)c1cc2c(cc1F)COB2O. The van der Waals surface area contributed by atoms with Gasteiger partial charge in [0.15, 0.2) is 0 Å². The Morgan fingerprint density at radius 1 is 1.28 bits per heavy atom. The minimum absolute atomic E-state index is 0.0221. The van der Waals surface area contributed by atoms with Gasteiger partial charge >= 0.3 is 13.3 Å². The summed E-state index contributed by atoms with van der Waals surface area (Å²) in [7, 11) is -1.26. The number of carbonyl (C=O) groups excluding carboxylic acids is 1. The van der Waals surface area contributed by atoms with Gasteiger partial charge in [-0.1, -0.05) is 18.2 Å². The van der Waals surface area contributed by atoms with Crippen molar-refractivity contribution in [3.63, 3.8) is 0 Å². The predicted molar refractivity (Wildman–Crippen MR) is 81.4 cm³/mol. The summed E-state index contributed by atoms with van der Waals surface area (Å²) < 4.78 is 57.8. The van der Waals surface area contributed by atoms with Gasteiger partial charge in [0.1, 0.15) is 5.82 Å². The van der Waals surface area contributed by atoms with Crippen LogP contribution in [-0.2, 0) is 24.0 Å². The van der Waals surface area contributed by atoms with E-state index in [0.717, 1.165) is 18.2 Å². The van der Waals surface area contributed by atoms with Gasteiger partial charge in [-0.05, 0) is 34.8 Å². The molecule has 2 N–H and O–H groups in total. The summed E-state index contributed by atoms with van der Waals surface area (Å²) in [5.74, 6) is -1.71. The average Bonchev–Trinajstić information content (AvgIpc) is 2.91. The smallest absolute Gasteiger partial charge is 0.423 e. The van der Waals surface area contributed by atoms with Crippen LogP contribution in [0, 0.1) is 5.82 Å². The molecule has 0 radical (unpaired) electrons. The van der Waals surface area contributed by atoms with Gasteiger partial charge in [0, 0.05) is 6.54 Å². The maximum Gasteiger partial charge on any atom is 0.491 e. The molecule has 0 fully saturated rings. The molecule has 0 saturated heterocycles. The standard InChI is InChI=1S/C16H12BF4NO3/c18-14-5-10-8-25-17(24)13(10)6-11(14)15(23)22-7-9-3-1-2-4-12(9)16(19,20)21/h1-6,24H,7-8H2,(H,22,23). The van der Waals surface area contributed by atoms with E-state index in [1.807, 2.05) is 0 Å². The Labute approximate surface area is 140 Å². The Bertz CT molecular complexity index is 826. The minimum Gasteiger partial charge on any atom is -0.423 e. The zero-order valence-corrected chi connectivity index (χ0v) is 12.7. The molecule has 0 aliphatic carbocycles. The Morgan fingerprint density at radius 3 is 2.72 bits per heavy atom. The number of rotatable bonds is 3. The highest BCUT2D eigenvalue weighted by Gasteiger charge is 2.33. The average molecular weight is 353 g/mol. The number of halogens is 4. The summed E-state index contributed by atoms with van der Waals surface area (Å²) in [6.07, 6.45) is -4.55. The van der Waals surface area contributed by atoms with E-state index in [9.17, 15) is 27.4 Å². The monoisotopic (exact) mass is 353 g/mol. The maximum absolute atomic E-state index is 14.0. The molecule has 2 aromatic rings. The number of alkyl halides is 3. The quantitative estimate of drug-likeness (QED) is 0.656. The lowest BCUT2D eigenvalue weighted by molar-refractivity contribution is -0.138. The fourth-order valence-corrected chi connectivity index (χ4v) is 2.64. The summed E-state index contributed by atoms with van der Waals surface area (Å²) >= 11 is 0. The molecule has 1 heterocycles. The Kier molecular flexibility index (Phi) is 4.53. The number of amides is 1. The molecular weight excluding hydrogens is 341 g/mol. The molecule has 4 nitrogen and oxygen atoms in total. The molecule has 0 saturated carbocycles. The Hall–Kier alpha value is -2.39. The van der Waals surface area contributed by atoms with Crippen molar-refractivity contribution in [2.45, 2.75) is 19.3 Å². The van der Waals surface area contributed by atoms with Crippen LogP contribution < -0.4 is 10.8 Å². The first-order valence-corrected chi connectivity index (χ1v) is 7.32. The molecule has 1 aliphatic heterocycles. The topological polar surface area (TPSA) is 58.6 Å². The number of fused-ring (bicyclic) bond motifs is 1. The molecule has 1 amide bonds. The van der Waals surface area contributed by atoms with Crippen LogP contribution in [0.15, 0.2) is 36.4 Å². The van der Waals surface area contributed by atoms with Crippen LogP contribution in [0.1, 0.15) is 27.0 Å². The number of hydrogen-bond donors (Lipinski definition) is 2. The second-order valence-corrected chi connectivity index (χ2v) is 5.53. The van der Waals surface area contributed by atoms with E-state index < -0.39 is 37.1 Å². The van der Waals surface area contributed by atoms with E-state index in [1.54, 1.807) is 0 Å². The van der Waals surface area contributed by atoms with Gasteiger partial charge in [-0.3, -0.25) is 4.79 Å². The summed E-state index contributed by atoms with van der Waals surface area (Å²) in [4.78, 5) is 12.2. The van der Waals surface area contributed by atoms with Crippen molar-refractivity contribution in [2.75, 3.05) is 0 Å². The molecule has 0 atom stereocenters. The fourth-order valence-electron chi connectivity index (χ4n) is 2.64. The molecule has 0 bridgehead atoms. The van der Waals surface area contributed by atoms with Crippen molar-refractivity contribution < 1.29 is 32.0 Å². The van der Waals surface area contributed by atoms with Gasteiger partial charge in [0.05, 0.1) is 17.7 Å². The number of hydrogen-bond acceptors (Lipinski definition) is 3. The molecular formula is C16H12BF4NO3. The normalized spacial score (nSPS) is 13.7. The van der Waals surface area contributed by atoms with E-state index in [2.05, 4.69) is 5.32 Å². The van der Waals surface area contributed by atoms with Crippen molar-refractivity contribution in [1.82, 2.24) is 5.32 Å².